The van der Waals surface area contributed by atoms with E-state index in [1.54, 1.807) is 19.1 Å². The summed E-state index contributed by atoms with van der Waals surface area (Å²) >= 11 is 0. The molecule has 0 aliphatic carbocycles. The number of nitrogens with zero attached hydrogens (tertiary/aromatic N) is 4. The van der Waals surface area contributed by atoms with E-state index in [-0.39, 0.29) is 5.56 Å². The third-order valence-electron chi connectivity index (χ3n) is 3.22. The van der Waals surface area contributed by atoms with Crippen LogP contribution in [-0.4, -0.2) is 27.8 Å². The fourth-order valence-electron chi connectivity index (χ4n) is 2.08. The molecule has 1 aromatic carbocycles. The van der Waals surface area contributed by atoms with Crippen LogP contribution in [0.15, 0.2) is 36.5 Å². The molecule has 0 N–H and O–H groups in total. The molecule has 2 rings (SSSR count). The maximum atomic E-state index is 12.4. The fraction of sp³-hybridized carbons (Fsp3) is 0.143. The average molecular weight is 316 g/mol. The van der Waals surface area contributed by atoms with Crippen molar-refractivity contribution in [1.29, 1.82) is 0 Å². The van der Waals surface area contributed by atoms with Gasteiger partial charge in [0.2, 0.25) is 0 Å². The van der Waals surface area contributed by atoms with Gasteiger partial charge in [0.05, 0.1) is 9.85 Å². The zero-order valence-corrected chi connectivity index (χ0v) is 12.3. The Hall–Kier alpha value is -3.36. The van der Waals surface area contributed by atoms with Crippen molar-refractivity contribution in [2.24, 2.45) is 0 Å². The molecule has 0 aliphatic heterocycles. The molecule has 0 unspecified atom stereocenters. The van der Waals surface area contributed by atoms with E-state index in [1.165, 1.54) is 24.2 Å². The summed E-state index contributed by atoms with van der Waals surface area (Å²) in [7, 11) is 1.48. The predicted molar refractivity (Wildman–Crippen MR) is 81.5 cm³/mol. The molecule has 0 atom stereocenters. The van der Waals surface area contributed by atoms with E-state index in [0.717, 1.165) is 17.7 Å². The normalized spacial score (nSPS) is 10.2. The first-order valence-electron chi connectivity index (χ1n) is 6.45. The summed E-state index contributed by atoms with van der Waals surface area (Å²) in [6.07, 6.45) is 1.52. The Kier molecular flexibility index (Phi) is 4.30. The van der Waals surface area contributed by atoms with E-state index in [4.69, 9.17) is 0 Å². The van der Waals surface area contributed by atoms with Crippen molar-refractivity contribution in [2.45, 2.75) is 6.92 Å². The molecule has 0 radical (unpaired) electrons. The van der Waals surface area contributed by atoms with Crippen LogP contribution >= 0.6 is 0 Å². The number of aryl methyl sites for hydroxylation is 1. The number of hydrogen-bond donors (Lipinski definition) is 0. The Labute approximate surface area is 130 Å². The van der Waals surface area contributed by atoms with E-state index >= 15 is 0 Å². The van der Waals surface area contributed by atoms with E-state index in [0.29, 0.717) is 5.82 Å². The zero-order valence-electron chi connectivity index (χ0n) is 12.3. The summed E-state index contributed by atoms with van der Waals surface area (Å²) in [6, 6.07) is 6.51. The van der Waals surface area contributed by atoms with Crippen LogP contribution in [0, 0.1) is 27.2 Å². The predicted octanol–water partition coefficient (Wildman–Crippen LogP) is 2.48. The highest BCUT2D eigenvalue weighted by Gasteiger charge is 2.27. The number of hydrogen-bond acceptors (Lipinski definition) is 6. The van der Waals surface area contributed by atoms with Crippen LogP contribution < -0.4 is 4.90 Å². The first kappa shape index (κ1) is 16.0. The average Bonchev–Trinajstić information content (AvgIpc) is 2.53. The Morgan fingerprint density at radius 1 is 1.13 bits per heavy atom. The molecule has 0 aliphatic rings. The second-order valence-electron chi connectivity index (χ2n) is 4.73. The van der Waals surface area contributed by atoms with Gasteiger partial charge >= 0.3 is 11.4 Å². The molecular weight excluding hydrogens is 304 g/mol. The molecule has 0 saturated heterocycles. The number of nitro benzene ring substituents is 2. The molecule has 9 heteroatoms. The van der Waals surface area contributed by atoms with Crippen LogP contribution in [0.2, 0.25) is 0 Å². The summed E-state index contributed by atoms with van der Waals surface area (Å²) in [5.74, 6) is -0.150. The number of amides is 1. The van der Waals surface area contributed by atoms with E-state index in [2.05, 4.69) is 4.98 Å². The number of carbonyl (C=O) groups excluding carboxylic acids is 1. The van der Waals surface area contributed by atoms with E-state index in [1.807, 2.05) is 0 Å². The van der Waals surface area contributed by atoms with Gasteiger partial charge in [-0.3, -0.25) is 29.9 Å². The number of pyridine rings is 1. The minimum absolute atomic E-state index is 0.0325. The number of rotatable bonds is 4. The number of benzene rings is 1. The van der Waals surface area contributed by atoms with Crippen LogP contribution in [0.25, 0.3) is 0 Å². The zero-order chi connectivity index (χ0) is 17.1. The van der Waals surface area contributed by atoms with Gasteiger partial charge in [-0.1, -0.05) is 6.07 Å². The van der Waals surface area contributed by atoms with E-state index < -0.39 is 27.1 Å². The highest BCUT2D eigenvalue weighted by molar-refractivity contribution is 6.06. The van der Waals surface area contributed by atoms with Gasteiger partial charge in [0, 0.05) is 30.9 Å². The minimum Gasteiger partial charge on any atom is -0.296 e. The van der Waals surface area contributed by atoms with Gasteiger partial charge in [0.15, 0.2) is 0 Å². The molecule has 0 fully saturated rings. The molecule has 1 aromatic heterocycles. The molecule has 118 valence electrons. The summed E-state index contributed by atoms with van der Waals surface area (Å²) < 4.78 is 0. The molecule has 9 nitrogen and oxygen atoms in total. The lowest BCUT2D eigenvalue weighted by molar-refractivity contribution is -0.422. The van der Waals surface area contributed by atoms with Gasteiger partial charge in [0.1, 0.15) is 5.82 Å². The van der Waals surface area contributed by atoms with Crippen LogP contribution in [0.1, 0.15) is 15.9 Å². The van der Waals surface area contributed by atoms with E-state index in [9.17, 15) is 25.0 Å². The lowest BCUT2D eigenvalue weighted by Gasteiger charge is -2.18. The molecule has 1 heterocycles. The first-order valence-corrected chi connectivity index (χ1v) is 6.45. The number of aromatic nitrogens is 1. The second-order valence-corrected chi connectivity index (χ2v) is 4.73. The standard InChI is InChI=1S/C14H12N4O5/c1-9-4-3-7-15-13(9)16(2)14(19)10-5-6-11(17(20)21)12(8-10)18(22)23/h3-8H,1-2H3. The highest BCUT2D eigenvalue weighted by atomic mass is 16.6. The van der Waals surface area contributed by atoms with Crippen molar-refractivity contribution in [3.8, 4) is 0 Å². The maximum Gasteiger partial charge on any atom is 0.346 e. The van der Waals surface area contributed by atoms with Crippen molar-refractivity contribution in [3.05, 3.63) is 67.9 Å². The molecule has 0 saturated carbocycles. The van der Waals surface area contributed by atoms with Crippen molar-refractivity contribution in [2.75, 3.05) is 11.9 Å². The Bertz CT molecular complexity index is 806. The third-order valence-corrected chi connectivity index (χ3v) is 3.22. The summed E-state index contributed by atoms with van der Waals surface area (Å²) in [5.41, 5.74) is -0.676. The lowest BCUT2D eigenvalue weighted by atomic mass is 10.1. The van der Waals surface area contributed by atoms with Gasteiger partial charge in [-0.25, -0.2) is 4.98 Å². The monoisotopic (exact) mass is 316 g/mol. The van der Waals surface area contributed by atoms with Crippen molar-refractivity contribution in [3.63, 3.8) is 0 Å². The van der Waals surface area contributed by atoms with Crippen LogP contribution in [-0.2, 0) is 0 Å². The van der Waals surface area contributed by atoms with Gasteiger partial charge in [-0.05, 0) is 24.6 Å². The Balaban J connectivity index is 2.44. The van der Waals surface area contributed by atoms with Crippen LogP contribution in [0.5, 0.6) is 0 Å². The SMILES string of the molecule is Cc1cccnc1N(C)C(=O)c1ccc([N+](=O)[O-])c([N+](=O)[O-])c1. The summed E-state index contributed by atoms with van der Waals surface area (Å²) in [4.78, 5) is 37.8. The first-order chi connectivity index (χ1) is 10.8. The summed E-state index contributed by atoms with van der Waals surface area (Å²) in [6.45, 7) is 1.77. The number of carbonyl (C=O) groups is 1. The topological polar surface area (TPSA) is 119 Å². The maximum absolute atomic E-state index is 12.4. The summed E-state index contributed by atoms with van der Waals surface area (Å²) in [5, 5.41) is 21.8. The Morgan fingerprint density at radius 3 is 2.35 bits per heavy atom. The van der Waals surface area contributed by atoms with Crippen LogP contribution in [0.4, 0.5) is 17.2 Å². The van der Waals surface area contributed by atoms with Gasteiger partial charge in [0.25, 0.3) is 5.91 Å². The van der Waals surface area contributed by atoms with Crippen molar-refractivity contribution >= 4 is 23.1 Å². The molecule has 2 aromatic rings. The van der Waals surface area contributed by atoms with Gasteiger partial charge in [-0.2, -0.15) is 0 Å². The molecular formula is C14H12N4O5. The highest BCUT2D eigenvalue weighted by Crippen LogP contribution is 2.28. The lowest BCUT2D eigenvalue weighted by Crippen LogP contribution is -2.27. The molecule has 0 bridgehead atoms. The van der Waals surface area contributed by atoms with Gasteiger partial charge in [-0.15, -0.1) is 0 Å². The third kappa shape index (κ3) is 3.12. The number of anilines is 1. The van der Waals surface area contributed by atoms with Crippen molar-refractivity contribution in [1.82, 2.24) is 4.98 Å². The molecule has 23 heavy (non-hydrogen) atoms. The van der Waals surface area contributed by atoms with Gasteiger partial charge < -0.3 is 0 Å². The molecule has 0 spiro atoms. The Morgan fingerprint density at radius 2 is 1.78 bits per heavy atom. The molecule has 1 amide bonds. The largest absolute Gasteiger partial charge is 0.346 e. The second kappa shape index (κ2) is 6.18. The van der Waals surface area contributed by atoms with Crippen molar-refractivity contribution < 1.29 is 14.6 Å². The smallest absolute Gasteiger partial charge is 0.296 e. The van der Waals surface area contributed by atoms with Crippen LogP contribution in [0.3, 0.4) is 0 Å². The number of nitro groups is 2. The minimum atomic E-state index is -0.888. The fourth-order valence-corrected chi connectivity index (χ4v) is 2.08. The quantitative estimate of drug-likeness (QED) is 0.631.